The normalized spacial score (nSPS) is 12.4. The van der Waals surface area contributed by atoms with Gasteiger partial charge in [-0.05, 0) is 33.3 Å². The lowest BCUT2D eigenvalue weighted by Crippen LogP contribution is -2.36. The molecule has 0 fully saturated rings. The highest BCUT2D eigenvalue weighted by atomic mass is 32.2. The zero-order valence-corrected chi connectivity index (χ0v) is 19.0. The van der Waals surface area contributed by atoms with Crippen LogP contribution in [0.15, 0.2) is 49.6 Å². The number of nitrogens with one attached hydrogen (secondary N) is 3. The summed E-state index contributed by atoms with van der Waals surface area (Å²) < 4.78 is 11.1. The first kappa shape index (κ1) is 23.3. The summed E-state index contributed by atoms with van der Waals surface area (Å²) in [4.78, 5) is 40.5. The molecule has 0 radical (unpaired) electrons. The van der Waals surface area contributed by atoms with Gasteiger partial charge in [0.25, 0.3) is 10.8 Å². The molecule has 3 rings (SSSR count). The van der Waals surface area contributed by atoms with Gasteiger partial charge in [0.2, 0.25) is 5.89 Å². The topological polar surface area (TPSA) is 143 Å². The highest BCUT2D eigenvalue weighted by molar-refractivity contribution is 7.98. The van der Waals surface area contributed by atoms with E-state index in [1.54, 1.807) is 27.7 Å². The maximum Gasteiger partial charge on any atom is 0.408 e. The van der Waals surface area contributed by atoms with E-state index in [2.05, 4.69) is 25.5 Å². The van der Waals surface area contributed by atoms with E-state index in [4.69, 9.17) is 9.15 Å². The Labute approximate surface area is 188 Å². The molecule has 170 valence electrons. The van der Waals surface area contributed by atoms with Gasteiger partial charge in [-0.15, -0.1) is 10.2 Å². The fraction of sp³-hybridized carbons (Fsp3) is 0.381. The minimum atomic E-state index is -0.654. The molecule has 32 heavy (non-hydrogen) atoms. The van der Waals surface area contributed by atoms with Gasteiger partial charge in [0.05, 0.1) is 0 Å². The molecule has 0 spiro atoms. The summed E-state index contributed by atoms with van der Waals surface area (Å²) in [5.74, 6) is 0.442. The van der Waals surface area contributed by atoms with Crippen molar-refractivity contribution in [1.82, 2.24) is 25.5 Å². The van der Waals surface area contributed by atoms with Crippen molar-refractivity contribution < 1.29 is 13.9 Å². The maximum absolute atomic E-state index is 12.4. The zero-order valence-electron chi connectivity index (χ0n) is 18.2. The van der Waals surface area contributed by atoms with E-state index in [1.807, 2.05) is 30.3 Å². The lowest BCUT2D eigenvalue weighted by molar-refractivity contribution is 0.0494. The minimum Gasteiger partial charge on any atom is -0.444 e. The molecule has 10 nitrogen and oxygen atoms in total. The smallest absolute Gasteiger partial charge is 0.408 e. The van der Waals surface area contributed by atoms with Gasteiger partial charge < -0.3 is 19.5 Å². The van der Waals surface area contributed by atoms with E-state index in [0.29, 0.717) is 17.7 Å². The molecule has 0 aliphatic rings. The van der Waals surface area contributed by atoms with Crippen LogP contribution in [-0.2, 0) is 16.9 Å². The number of nitrogens with zero attached hydrogens (tertiary/aromatic N) is 2. The summed E-state index contributed by atoms with van der Waals surface area (Å²) in [5.41, 5.74) is 0.169. The number of thioether (sulfide) groups is 1. The van der Waals surface area contributed by atoms with Gasteiger partial charge in [0.1, 0.15) is 11.6 Å². The minimum absolute atomic E-state index is 0.217. The van der Waals surface area contributed by atoms with Gasteiger partial charge in [-0.3, -0.25) is 9.78 Å². The lowest BCUT2D eigenvalue weighted by Gasteiger charge is -2.22. The number of carbonyl (C=O) groups is 1. The fourth-order valence-corrected chi connectivity index (χ4v) is 3.71. The van der Waals surface area contributed by atoms with Crippen LogP contribution in [0.5, 0.6) is 0 Å². The average Bonchev–Trinajstić information content (AvgIpc) is 3.15. The number of aryl methyl sites for hydroxylation is 1. The van der Waals surface area contributed by atoms with E-state index in [9.17, 15) is 14.4 Å². The van der Waals surface area contributed by atoms with Crippen molar-refractivity contribution in [1.29, 1.82) is 0 Å². The third kappa shape index (κ3) is 6.58. The molecule has 2 aromatic heterocycles. The second-order valence-electron chi connectivity index (χ2n) is 8.10. The standard InChI is InChI=1S/C21H25N5O5S/c1-12-14(16(27)24-18(28)22-12)11-32-20-26-25-17(30-20)15(10-13-8-6-5-7-9-13)23-19(29)31-21(2,3)4/h5-9,15H,10-11H2,1-4H3,(H,23,29)(H2,22,24,27,28). The molecule has 3 aromatic rings. The molecular formula is C21H25N5O5S. The van der Waals surface area contributed by atoms with E-state index < -0.39 is 29.0 Å². The van der Waals surface area contributed by atoms with Gasteiger partial charge in [-0.2, -0.15) is 0 Å². The maximum atomic E-state index is 12.4. The monoisotopic (exact) mass is 459 g/mol. The largest absolute Gasteiger partial charge is 0.444 e. The first-order valence-electron chi connectivity index (χ1n) is 9.92. The van der Waals surface area contributed by atoms with Crippen LogP contribution in [0.3, 0.4) is 0 Å². The number of rotatable bonds is 7. The summed E-state index contributed by atoms with van der Waals surface area (Å²) >= 11 is 1.15. The Morgan fingerprint density at radius 2 is 1.91 bits per heavy atom. The van der Waals surface area contributed by atoms with Crippen LogP contribution in [0.2, 0.25) is 0 Å². The fourth-order valence-electron chi connectivity index (χ4n) is 2.85. The Morgan fingerprint density at radius 1 is 1.19 bits per heavy atom. The van der Waals surface area contributed by atoms with Crippen LogP contribution in [0.4, 0.5) is 4.79 Å². The number of carbonyl (C=O) groups excluding carboxylic acids is 1. The van der Waals surface area contributed by atoms with Crippen molar-refractivity contribution >= 4 is 17.9 Å². The van der Waals surface area contributed by atoms with Crippen LogP contribution in [0.1, 0.15) is 49.5 Å². The Balaban J connectivity index is 1.76. The summed E-state index contributed by atoms with van der Waals surface area (Å²) in [6.07, 6.45) is -0.174. The summed E-state index contributed by atoms with van der Waals surface area (Å²) in [5, 5.41) is 11.1. The number of amides is 1. The number of ether oxygens (including phenoxy) is 1. The Bertz CT molecular complexity index is 1180. The molecule has 1 amide bonds. The number of hydrogen-bond acceptors (Lipinski definition) is 8. The third-order valence-corrected chi connectivity index (χ3v) is 5.13. The highest BCUT2D eigenvalue weighted by Crippen LogP contribution is 2.25. The average molecular weight is 460 g/mol. The number of benzene rings is 1. The SMILES string of the molecule is Cc1[nH]c(=O)[nH]c(=O)c1CSc1nnc(C(Cc2ccccc2)NC(=O)OC(C)(C)C)o1. The Morgan fingerprint density at radius 3 is 2.56 bits per heavy atom. The molecule has 1 atom stereocenters. The molecule has 11 heteroatoms. The van der Waals surface area contributed by atoms with Crippen LogP contribution < -0.4 is 16.6 Å². The van der Waals surface area contributed by atoms with E-state index in [-0.39, 0.29) is 16.9 Å². The molecule has 0 aliphatic heterocycles. The Hall–Kier alpha value is -3.34. The van der Waals surface area contributed by atoms with Crippen molar-refractivity contribution in [2.24, 2.45) is 0 Å². The molecule has 0 aliphatic carbocycles. The number of aromatic amines is 2. The van der Waals surface area contributed by atoms with Crippen molar-refractivity contribution in [3.8, 4) is 0 Å². The van der Waals surface area contributed by atoms with Gasteiger partial charge >= 0.3 is 11.8 Å². The number of hydrogen-bond donors (Lipinski definition) is 3. The quantitative estimate of drug-likeness (QED) is 0.458. The van der Waals surface area contributed by atoms with Crippen molar-refractivity contribution in [3.63, 3.8) is 0 Å². The van der Waals surface area contributed by atoms with Crippen LogP contribution in [0, 0.1) is 6.92 Å². The number of aromatic nitrogens is 4. The predicted molar refractivity (Wildman–Crippen MR) is 119 cm³/mol. The van der Waals surface area contributed by atoms with Crippen molar-refractivity contribution in [2.75, 3.05) is 0 Å². The summed E-state index contributed by atoms with van der Waals surface area (Å²) in [7, 11) is 0. The molecule has 3 N–H and O–H groups in total. The number of H-pyrrole nitrogens is 2. The van der Waals surface area contributed by atoms with Crippen LogP contribution in [-0.4, -0.2) is 31.9 Å². The van der Waals surface area contributed by atoms with Crippen LogP contribution in [0.25, 0.3) is 0 Å². The Kier molecular flexibility index (Phi) is 7.18. The second kappa shape index (κ2) is 9.86. The van der Waals surface area contributed by atoms with Gasteiger partial charge in [0, 0.05) is 23.4 Å². The molecule has 0 saturated heterocycles. The van der Waals surface area contributed by atoms with E-state index in [1.165, 1.54) is 0 Å². The summed E-state index contributed by atoms with van der Waals surface area (Å²) in [6, 6.07) is 8.97. The molecular weight excluding hydrogens is 434 g/mol. The highest BCUT2D eigenvalue weighted by Gasteiger charge is 2.25. The third-order valence-electron chi connectivity index (χ3n) is 4.29. The molecule has 0 saturated carbocycles. The first-order valence-corrected chi connectivity index (χ1v) is 10.9. The van der Waals surface area contributed by atoms with Crippen molar-refractivity contribution in [3.05, 3.63) is 73.9 Å². The van der Waals surface area contributed by atoms with Gasteiger partial charge in [0.15, 0.2) is 0 Å². The second-order valence-corrected chi connectivity index (χ2v) is 9.02. The van der Waals surface area contributed by atoms with Crippen LogP contribution >= 0.6 is 11.8 Å². The van der Waals surface area contributed by atoms with Gasteiger partial charge in [-0.25, -0.2) is 9.59 Å². The summed E-state index contributed by atoms with van der Waals surface area (Å²) in [6.45, 7) is 6.98. The predicted octanol–water partition coefficient (Wildman–Crippen LogP) is 2.86. The molecule has 1 aromatic carbocycles. The van der Waals surface area contributed by atoms with Gasteiger partial charge in [-0.1, -0.05) is 42.1 Å². The molecule has 1 unspecified atom stereocenters. The van der Waals surface area contributed by atoms with E-state index >= 15 is 0 Å². The van der Waals surface area contributed by atoms with E-state index in [0.717, 1.165) is 17.3 Å². The molecule has 0 bridgehead atoms. The lowest BCUT2D eigenvalue weighted by atomic mass is 10.1. The molecule has 2 heterocycles. The zero-order chi connectivity index (χ0) is 23.3. The first-order chi connectivity index (χ1) is 15.1. The number of alkyl carbamates (subject to hydrolysis) is 1. The van der Waals surface area contributed by atoms with Crippen molar-refractivity contribution in [2.45, 2.75) is 56.7 Å².